The molecule has 0 aliphatic heterocycles. The molecule has 1 aromatic carbocycles. The molecular weight excluding hydrogens is 300 g/mol. The minimum atomic E-state index is -3.50. The van der Waals surface area contributed by atoms with Crippen molar-refractivity contribution in [3.8, 4) is 5.75 Å². The number of sulfonamides is 1. The SMILES string of the molecule is Cc1nnc(NS(=O)(=O)CCOc2cccc(N)c2)s1. The molecule has 108 valence electrons. The zero-order valence-electron chi connectivity index (χ0n) is 10.7. The first-order valence-corrected chi connectivity index (χ1v) is 8.20. The van der Waals surface area contributed by atoms with Crippen LogP contribution in [0.5, 0.6) is 5.75 Å². The summed E-state index contributed by atoms with van der Waals surface area (Å²) in [6.45, 7) is 1.77. The monoisotopic (exact) mass is 314 g/mol. The third-order valence-corrected chi connectivity index (χ3v) is 4.34. The van der Waals surface area contributed by atoms with E-state index in [1.165, 1.54) is 11.3 Å². The fourth-order valence-electron chi connectivity index (χ4n) is 1.40. The highest BCUT2D eigenvalue weighted by Crippen LogP contribution is 2.16. The summed E-state index contributed by atoms with van der Waals surface area (Å²) in [7, 11) is -3.50. The molecule has 0 atom stereocenters. The van der Waals surface area contributed by atoms with Crippen LogP contribution in [0.25, 0.3) is 0 Å². The van der Waals surface area contributed by atoms with Gasteiger partial charge in [0, 0.05) is 11.8 Å². The van der Waals surface area contributed by atoms with Crippen LogP contribution in [0.1, 0.15) is 5.01 Å². The lowest BCUT2D eigenvalue weighted by Gasteiger charge is -2.07. The third kappa shape index (κ3) is 4.35. The molecule has 0 saturated carbocycles. The second-order valence-electron chi connectivity index (χ2n) is 3.97. The van der Waals surface area contributed by atoms with E-state index in [1.807, 2.05) is 0 Å². The Bertz CT molecular complexity index is 684. The molecule has 2 rings (SSSR count). The van der Waals surface area contributed by atoms with Gasteiger partial charge in [0.15, 0.2) is 0 Å². The van der Waals surface area contributed by atoms with E-state index in [4.69, 9.17) is 10.5 Å². The maximum atomic E-state index is 11.8. The summed E-state index contributed by atoms with van der Waals surface area (Å²) < 4.78 is 31.3. The van der Waals surface area contributed by atoms with Crippen molar-refractivity contribution in [3.63, 3.8) is 0 Å². The van der Waals surface area contributed by atoms with Crippen molar-refractivity contribution in [2.75, 3.05) is 22.8 Å². The Labute approximate surface area is 120 Å². The van der Waals surface area contributed by atoms with Crippen molar-refractivity contribution < 1.29 is 13.2 Å². The van der Waals surface area contributed by atoms with E-state index < -0.39 is 10.0 Å². The van der Waals surface area contributed by atoms with Crippen molar-refractivity contribution in [1.29, 1.82) is 0 Å². The second kappa shape index (κ2) is 6.06. The Morgan fingerprint density at radius 1 is 1.40 bits per heavy atom. The minimum Gasteiger partial charge on any atom is -0.492 e. The molecular formula is C11H14N4O3S2. The molecule has 1 heterocycles. The van der Waals surface area contributed by atoms with E-state index in [-0.39, 0.29) is 17.5 Å². The lowest BCUT2D eigenvalue weighted by Crippen LogP contribution is -2.21. The Morgan fingerprint density at radius 3 is 2.85 bits per heavy atom. The Kier molecular flexibility index (Phi) is 4.40. The molecule has 1 aromatic heterocycles. The number of hydrogen-bond donors (Lipinski definition) is 2. The molecule has 0 spiro atoms. The summed E-state index contributed by atoms with van der Waals surface area (Å²) in [6, 6.07) is 6.81. The van der Waals surface area contributed by atoms with Crippen LogP contribution in [-0.4, -0.2) is 31.0 Å². The summed E-state index contributed by atoms with van der Waals surface area (Å²) in [5, 5.41) is 8.38. The number of benzene rings is 1. The van der Waals surface area contributed by atoms with E-state index in [2.05, 4.69) is 14.9 Å². The van der Waals surface area contributed by atoms with Gasteiger partial charge in [0.05, 0.1) is 0 Å². The Balaban J connectivity index is 1.86. The number of aryl methyl sites for hydroxylation is 1. The lowest BCUT2D eigenvalue weighted by molar-refractivity contribution is 0.341. The first-order valence-electron chi connectivity index (χ1n) is 5.73. The molecule has 9 heteroatoms. The number of nitrogens with two attached hydrogens (primary N) is 1. The van der Waals surface area contributed by atoms with E-state index >= 15 is 0 Å². The number of nitrogens with one attached hydrogen (secondary N) is 1. The third-order valence-electron chi connectivity index (χ3n) is 2.25. The Morgan fingerprint density at radius 2 is 2.20 bits per heavy atom. The van der Waals surface area contributed by atoms with E-state index in [0.717, 1.165) is 0 Å². The molecule has 0 unspecified atom stereocenters. The zero-order valence-corrected chi connectivity index (χ0v) is 12.4. The van der Waals surface area contributed by atoms with Crippen molar-refractivity contribution in [1.82, 2.24) is 10.2 Å². The highest BCUT2D eigenvalue weighted by atomic mass is 32.2. The largest absolute Gasteiger partial charge is 0.492 e. The quantitative estimate of drug-likeness (QED) is 0.777. The van der Waals surface area contributed by atoms with Crippen molar-refractivity contribution >= 4 is 32.2 Å². The van der Waals surface area contributed by atoms with Gasteiger partial charge in [-0.15, -0.1) is 10.2 Å². The van der Waals surface area contributed by atoms with Crippen LogP contribution in [0.3, 0.4) is 0 Å². The zero-order chi connectivity index (χ0) is 14.6. The van der Waals surface area contributed by atoms with Crippen LogP contribution in [0.2, 0.25) is 0 Å². The molecule has 0 fully saturated rings. The normalized spacial score (nSPS) is 11.2. The molecule has 0 amide bonds. The summed E-state index contributed by atoms with van der Waals surface area (Å²) in [5.74, 6) is 0.354. The van der Waals surface area contributed by atoms with Gasteiger partial charge >= 0.3 is 0 Å². The van der Waals surface area contributed by atoms with Crippen LogP contribution in [0.15, 0.2) is 24.3 Å². The van der Waals surface area contributed by atoms with E-state index in [9.17, 15) is 8.42 Å². The average Bonchev–Trinajstić information content (AvgIpc) is 2.73. The summed E-state index contributed by atoms with van der Waals surface area (Å²) >= 11 is 1.18. The average molecular weight is 314 g/mol. The van der Waals surface area contributed by atoms with Gasteiger partial charge in [-0.2, -0.15) is 0 Å². The fraction of sp³-hybridized carbons (Fsp3) is 0.273. The summed E-state index contributed by atoms with van der Waals surface area (Å²) in [6.07, 6.45) is 0. The number of nitrogen functional groups attached to an aromatic ring is 1. The van der Waals surface area contributed by atoms with Crippen molar-refractivity contribution in [3.05, 3.63) is 29.3 Å². The number of hydrogen-bond acceptors (Lipinski definition) is 7. The van der Waals surface area contributed by atoms with Gasteiger partial charge < -0.3 is 10.5 Å². The van der Waals surface area contributed by atoms with Gasteiger partial charge in [-0.25, -0.2) is 8.42 Å². The van der Waals surface area contributed by atoms with Crippen LogP contribution >= 0.6 is 11.3 Å². The predicted octanol–water partition coefficient (Wildman–Crippen LogP) is 1.25. The van der Waals surface area contributed by atoms with Crippen LogP contribution in [0.4, 0.5) is 10.8 Å². The number of anilines is 2. The van der Waals surface area contributed by atoms with Crippen LogP contribution < -0.4 is 15.2 Å². The maximum absolute atomic E-state index is 11.8. The topological polar surface area (TPSA) is 107 Å². The van der Waals surface area contributed by atoms with Crippen molar-refractivity contribution in [2.24, 2.45) is 0 Å². The van der Waals surface area contributed by atoms with Crippen molar-refractivity contribution in [2.45, 2.75) is 6.92 Å². The van der Waals surface area contributed by atoms with Gasteiger partial charge in [0.2, 0.25) is 15.2 Å². The van der Waals surface area contributed by atoms with Gasteiger partial charge in [0.25, 0.3) is 0 Å². The fourth-order valence-corrected chi connectivity index (χ4v) is 3.10. The molecule has 0 aliphatic rings. The van der Waals surface area contributed by atoms with Crippen LogP contribution in [0, 0.1) is 6.92 Å². The first-order chi connectivity index (χ1) is 9.44. The molecule has 20 heavy (non-hydrogen) atoms. The van der Waals surface area contributed by atoms with E-state index in [1.54, 1.807) is 31.2 Å². The molecule has 0 radical (unpaired) electrons. The summed E-state index contributed by atoms with van der Waals surface area (Å²) in [4.78, 5) is 0. The highest BCUT2D eigenvalue weighted by Gasteiger charge is 2.13. The lowest BCUT2D eigenvalue weighted by atomic mass is 10.3. The second-order valence-corrected chi connectivity index (χ2v) is 6.99. The smallest absolute Gasteiger partial charge is 0.237 e. The molecule has 7 nitrogen and oxygen atoms in total. The number of nitrogens with zero attached hydrogens (tertiary/aromatic N) is 2. The van der Waals surface area contributed by atoms with Gasteiger partial charge in [-0.3, -0.25) is 4.72 Å². The number of aromatic nitrogens is 2. The summed E-state index contributed by atoms with van der Waals surface area (Å²) in [5.41, 5.74) is 6.16. The first kappa shape index (κ1) is 14.5. The van der Waals surface area contributed by atoms with Crippen LogP contribution in [-0.2, 0) is 10.0 Å². The van der Waals surface area contributed by atoms with Gasteiger partial charge in [0.1, 0.15) is 23.1 Å². The molecule has 3 N–H and O–H groups in total. The molecule has 0 aliphatic carbocycles. The Hall–Kier alpha value is -1.87. The van der Waals surface area contributed by atoms with Gasteiger partial charge in [-0.05, 0) is 19.1 Å². The highest BCUT2D eigenvalue weighted by molar-refractivity contribution is 7.92. The maximum Gasteiger partial charge on any atom is 0.237 e. The standard InChI is InChI=1S/C11H14N4O3S2/c1-8-13-14-11(19-8)15-20(16,17)6-5-18-10-4-2-3-9(12)7-10/h2-4,7H,5-6,12H2,1H3,(H,14,15). The molecule has 0 bridgehead atoms. The van der Waals surface area contributed by atoms with E-state index in [0.29, 0.717) is 16.4 Å². The minimum absolute atomic E-state index is 0.0244. The molecule has 0 saturated heterocycles. The number of ether oxygens (including phenoxy) is 1. The van der Waals surface area contributed by atoms with Gasteiger partial charge in [-0.1, -0.05) is 17.4 Å². The molecule has 2 aromatic rings. The number of rotatable bonds is 6. The predicted molar refractivity (Wildman–Crippen MR) is 78.4 cm³/mol.